The summed E-state index contributed by atoms with van der Waals surface area (Å²) < 4.78 is 22.0. The Bertz CT molecular complexity index is 274. The van der Waals surface area contributed by atoms with E-state index >= 15 is 0 Å². The summed E-state index contributed by atoms with van der Waals surface area (Å²) in [5.41, 5.74) is 0. The van der Waals surface area contributed by atoms with Gasteiger partial charge in [-0.15, -0.1) is 0 Å². The fourth-order valence-electron chi connectivity index (χ4n) is 0.436. The predicted molar refractivity (Wildman–Crippen MR) is 32.0 cm³/mol. The van der Waals surface area contributed by atoms with Crippen molar-refractivity contribution < 1.29 is 8.63 Å². The highest BCUT2D eigenvalue weighted by Gasteiger charge is 2.03. The lowest BCUT2D eigenvalue weighted by Crippen LogP contribution is -2.08. The summed E-state index contributed by atoms with van der Waals surface area (Å²) in [5.74, 6) is 0. The minimum Gasteiger partial charge on any atom is -0.453 e. The molecule has 5 heteroatoms. The lowest BCUT2D eigenvalue weighted by atomic mass is 10.7. The van der Waals surface area contributed by atoms with Crippen LogP contribution in [0, 0.1) is 4.78 Å². The maximum atomic E-state index is 10.6. The summed E-state index contributed by atoms with van der Waals surface area (Å²) >= 11 is 0. The third-order valence-corrected chi connectivity index (χ3v) is 1.62. The third-order valence-electron chi connectivity index (χ3n) is 0.794. The first-order chi connectivity index (χ1) is 4.11. The summed E-state index contributed by atoms with van der Waals surface area (Å²) in [6.45, 7) is 0. The maximum absolute atomic E-state index is 10.6. The Morgan fingerprint density at radius 2 is 2.44 bits per heavy atom. The van der Waals surface area contributed by atoms with Crippen molar-refractivity contribution in [2.75, 3.05) is 0 Å². The first-order valence-electron chi connectivity index (χ1n) is 2.21. The zero-order valence-corrected chi connectivity index (χ0v) is 5.35. The van der Waals surface area contributed by atoms with E-state index < -0.39 is 9.92 Å². The molecule has 0 saturated carbocycles. The van der Waals surface area contributed by atoms with Crippen LogP contribution in [0.3, 0.4) is 0 Å². The minimum atomic E-state index is -3.13. The largest absolute Gasteiger partial charge is 0.453 e. The Labute approximate surface area is 52.8 Å². The number of nitrogens with one attached hydrogen (secondary N) is 1. The van der Waals surface area contributed by atoms with Gasteiger partial charge in [-0.25, -0.2) is 14.1 Å². The Balaban J connectivity index is 3.20. The van der Waals surface area contributed by atoms with Gasteiger partial charge in [0.1, 0.15) is 0 Å². The van der Waals surface area contributed by atoms with Gasteiger partial charge in [-0.3, -0.25) is 0 Å². The van der Waals surface area contributed by atoms with Gasteiger partial charge in [0.15, 0.2) is 9.92 Å². The molecule has 0 saturated heterocycles. The second-order valence-electron chi connectivity index (χ2n) is 1.53. The second-order valence-corrected chi connectivity index (χ2v) is 3.14. The van der Waals surface area contributed by atoms with Crippen molar-refractivity contribution in [1.29, 1.82) is 4.78 Å². The SMILES string of the molecule is N=S(N)(=O)c1ccco1. The number of furan rings is 1. The van der Waals surface area contributed by atoms with Crippen LogP contribution in [0.4, 0.5) is 0 Å². The van der Waals surface area contributed by atoms with Crippen LogP contribution in [0.2, 0.25) is 0 Å². The molecule has 0 aliphatic carbocycles. The van der Waals surface area contributed by atoms with Crippen LogP contribution in [0.5, 0.6) is 0 Å². The van der Waals surface area contributed by atoms with Gasteiger partial charge in [0.25, 0.3) is 0 Å². The highest BCUT2D eigenvalue weighted by Crippen LogP contribution is 2.05. The lowest BCUT2D eigenvalue weighted by molar-refractivity contribution is 0.462. The molecule has 1 rings (SSSR count). The maximum Gasteiger partial charge on any atom is 0.212 e. The van der Waals surface area contributed by atoms with Crippen molar-refractivity contribution in [2.45, 2.75) is 5.09 Å². The molecular weight excluding hydrogens is 140 g/mol. The van der Waals surface area contributed by atoms with Crippen LogP contribution in [0.25, 0.3) is 0 Å². The zero-order chi connectivity index (χ0) is 6.91. The molecule has 1 unspecified atom stereocenters. The monoisotopic (exact) mass is 146 g/mol. The number of nitrogens with two attached hydrogens (primary N) is 1. The Morgan fingerprint density at radius 3 is 2.67 bits per heavy atom. The molecule has 1 aromatic heterocycles. The molecule has 0 aliphatic rings. The first-order valence-corrected chi connectivity index (χ1v) is 3.83. The van der Waals surface area contributed by atoms with Crippen LogP contribution in [-0.4, -0.2) is 4.21 Å². The van der Waals surface area contributed by atoms with E-state index in [0.717, 1.165) is 0 Å². The molecule has 9 heavy (non-hydrogen) atoms. The molecule has 0 amide bonds. The van der Waals surface area contributed by atoms with Crippen molar-refractivity contribution in [3.8, 4) is 0 Å². The normalized spacial score (nSPS) is 17.0. The van der Waals surface area contributed by atoms with Crippen molar-refractivity contribution in [3.05, 3.63) is 18.4 Å². The summed E-state index contributed by atoms with van der Waals surface area (Å²) in [6.07, 6.45) is 1.33. The number of hydrogen-bond donors (Lipinski definition) is 2. The fourth-order valence-corrected chi connectivity index (χ4v) is 0.915. The van der Waals surface area contributed by atoms with Crippen LogP contribution in [0.1, 0.15) is 0 Å². The van der Waals surface area contributed by atoms with Crippen LogP contribution in [0.15, 0.2) is 27.9 Å². The van der Waals surface area contributed by atoms with E-state index in [0.29, 0.717) is 0 Å². The molecule has 4 nitrogen and oxygen atoms in total. The van der Waals surface area contributed by atoms with E-state index in [-0.39, 0.29) is 5.09 Å². The fraction of sp³-hybridized carbons (Fsp3) is 0. The van der Waals surface area contributed by atoms with Crippen molar-refractivity contribution in [3.63, 3.8) is 0 Å². The molecule has 0 aliphatic heterocycles. The van der Waals surface area contributed by atoms with E-state index in [2.05, 4.69) is 4.42 Å². The average molecular weight is 146 g/mol. The predicted octanol–water partition coefficient (Wildman–Crippen LogP) is 0.559. The average Bonchev–Trinajstić information content (AvgIpc) is 2.08. The minimum absolute atomic E-state index is 0.0162. The highest BCUT2D eigenvalue weighted by molar-refractivity contribution is 7.90. The molecule has 1 aromatic rings. The molecular formula is C4H6N2O2S. The summed E-state index contributed by atoms with van der Waals surface area (Å²) in [5, 5.41) is 4.92. The van der Waals surface area contributed by atoms with Gasteiger partial charge < -0.3 is 4.42 Å². The topological polar surface area (TPSA) is 80.1 Å². The quantitative estimate of drug-likeness (QED) is 0.607. The van der Waals surface area contributed by atoms with E-state index in [9.17, 15) is 4.21 Å². The molecule has 0 fully saturated rings. The van der Waals surface area contributed by atoms with E-state index in [1.54, 1.807) is 0 Å². The first kappa shape index (κ1) is 6.31. The van der Waals surface area contributed by atoms with Gasteiger partial charge in [-0.2, -0.15) is 0 Å². The standard InChI is InChI=1S/C4H6N2O2S/c5-9(6,7)4-2-1-3-8-4/h1-3H,(H3,5,6,7). The Hall–Kier alpha value is -0.810. The molecule has 0 bridgehead atoms. The zero-order valence-electron chi connectivity index (χ0n) is 4.53. The lowest BCUT2D eigenvalue weighted by Gasteiger charge is -1.90. The summed E-state index contributed by atoms with van der Waals surface area (Å²) in [6, 6.07) is 2.95. The van der Waals surface area contributed by atoms with Gasteiger partial charge >= 0.3 is 0 Å². The molecule has 1 heterocycles. The second kappa shape index (κ2) is 1.85. The summed E-state index contributed by atoms with van der Waals surface area (Å²) in [7, 11) is -3.13. The summed E-state index contributed by atoms with van der Waals surface area (Å²) in [4.78, 5) is 0. The molecule has 0 aromatic carbocycles. The smallest absolute Gasteiger partial charge is 0.212 e. The number of hydrogen-bond acceptors (Lipinski definition) is 3. The van der Waals surface area contributed by atoms with Crippen molar-refractivity contribution >= 4 is 9.92 Å². The Morgan fingerprint density at radius 1 is 1.78 bits per heavy atom. The van der Waals surface area contributed by atoms with Gasteiger partial charge in [-0.05, 0) is 12.1 Å². The molecule has 50 valence electrons. The van der Waals surface area contributed by atoms with Crippen LogP contribution < -0.4 is 5.14 Å². The van der Waals surface area contributed by atoms with Crippen LogP contribution >= 0.6 is 0 Å². The Kier molecular flexibility index (Phi) is 1.30. The van der Waals surface area contributed by atoms with Gasteiger partial charge in [0, 0.05) is 0 Å². The van der Waals surface area contributed by atoms with E-state index in [1.807, 2.05) is 0 Å². The van der Waals surface area contributed by atoms with Gasteiger partial charge in [-0.1, -0.05) is 0 Å². The van der Waals surface area contributed by atoms with Crippen molar-refractivity contribution in [1.82, 2.24) is 0 Å². The molecule has 3 N–H and O–H groups in total. The van der Waals surface area contributed by atoms with E-state index in [4.69, 9.17) is 9.92 Å². The number of rotatable bonds is 1. The van der Waals surface area contributed by atoms with E-state index in [1.165, 1.54) is 18.4 Å². The van der Waals surface area contributed by atoms with Gasteiger partial charge in [0.2, 0.25) is 5.09 Å². The van der Waals surface area contributed by atoms with Crippen molar-refractivity contribution in [2.24, 2.45) is 5.14 Å². The molecule has 0 spiro atoms. The van der Waals surface area contributed by atoms with Gasteiger partial charge in [0.05, 0.1) is 6.26 Å². The molecule has 1 atom stereocenters. The van der Waals surface area contributed by atoms with Crippen LogP contribution in [-0.2, 0) is 9.92 Å². The third kappa shape index (κ3) is 1.30. The highest BCUT2D eigenvalue weighted by atomic mass is 32.2. The molecule has 0 radical (unpaired) electrons.